The predicted molar refractivity (Wildman–Crippen MR) is 103 cm³/mol. The van der Waals surface area contributed by atoms with Gasteiger partial charge in [-0.25, -0.2) is 4.79 Å². The maximum absolute atomic E-state index is 12.2. The molecule has 0 bridgehead atoms. The van der Waals surface area contributed by atoms with E-state index in [1.165, 1.54) is 0 Å². The molecular formula is C19H37NO3Si. The van der Waals surface area contributed by atoms with E-state index < -0.39 is 13.9 Å². The zero-order valence-corrected chi connectivity index (χ0v) is 18.0. The van der Waals surface area contributed by atoms with Crippen molar-refractivity contribution in [1.82, 2.24) is 4.90 Å². The highest BCUT2D eigenvalue weighted by atomic mass is 28.4. The third-order valence-corrected chi connectivity index (χ3v) is 9.85. The van der Waals surface area contributed by atoms with Crippen LogP contribution in [0.2, 0.25) is 18.1 Å². The molecule has 0 radical (unpaired) electrons. The molecule has 0 unspecified atom stereocenters. The molecule has 0 saturated carbocycles. The first kappa shape index (κ1) is 21.2. The largest absolute Gasteiger partial charge is 0.444 e. The average Bonchev–Trinajstić information content (AvgIpc) is 2.43. The molecule has 1 fully saturated rings. The summed E-state index contributed by atoms with van der Waals surface area (Å²) < 4.78 is 11.9. The standard InChI is InChI=1S/C19H37NO3Si/c1-10-19(15-22-24(8,9)18(5,6)7)11-13-20(14-12-19)16(21)23-17(2,3)4/h10H,1,11-15H2,2-9H3. The number of rotatable bonds is 4. The minimum atomic E-state index is -1.78. The van der Waals surface area contributed by atoms with E-state index in [0.717, 1.165) is 12.8 Å². The molecule has 0 spiro atoms. The molecule has 0 aromatic rings. The topological polar surface area (TPSA) is 38.8 Å². The van der Waals surface area contributed by atoms with Crippen LogP contribution in [0.4, 0.5) is 4.79 Å². The Hall–Kier alpha value is -0.813. The molecule has 0 atom stereocenters. The summed E-state index contributed by atoms with van der Waals surface area (Å²) in [7, 11) is -1.78. The molecular weight excluding hydrogens is 318 g/mol. The molecule has 0 aromatic heterocycles. The summed E-state index contributed by atoms with van der Waals surface area (Å²) in [6, 6.07) is 0. The van der Waals surface area contributed by atoms with Gasteiger partial charge in [-0.2, -0.15) is 0 Å². The lowest BCUT2D eigenvalue weighted by atomic mass is 9.79. The summed E-state index contributed by atoms with van der Waals surface area (Å²) in [6.45, 7) is 23.2. The smallest absolute Gasteiger partial charge is 0.410 e. The number of nitrogens with zero attached hydrogens (tertiary/aromatic N) is 1. The number of carbonyl (C=O) groups excluding carboxylic acids is 1. The highest BCUT2D eigenvalue weighted by Crippen LogP contribution is 2.40. The van der Waals surface area contributed by atoms with Gasteiger partial charge in [0.15, 0.2) is 8.32 Å². The second-order valence-corrected chi connectivity index (χ2v) is 14.4. The molecule has 1 aliphatic rings. The maximum Gasteiger partial charge on any atom is 0.410 e. The van der Waals surface area contributed by atoms with Crippen LogP contribution in [-0.4, -0.2) is 44.6 Å². The van der Waals surface area contributed by atoms with Crippen LogP contribution in [0.25, 0.3) is 0 Å². The molecule has 1 rings (SSSR count). The zero-order chi connectivity index (χ0) is 18.8. The first-order valence-electron chi connectivity index (χ1n) is 8.97. The van der Waals surface area contributed by atoms with Crippen LogP contribution in [0.3, 0.4) is 0 Å². The maximum atomic E-state index is 12.2. The van der Waals surface area contributed by atoms with Crippen LogP contribution in [0, 0.1) is 5.41 Å². The van der Waals surface area contributed by atoms with Crippen molar-refractivity contribution in [2.24, 2.45) is 5.41 Å². The Morgan fingerprint density at radius 2 is 1.67 bits per heavy atom. The van der Waals surface area contributed by atoms with Crippen LogP contribution in [0.5, 0.6) is 0 Å². The van der Waals surface area contributed by atoms with Gasteiger partial charge in [0, 0.05) is 25.1 Å². The summed E-state index contributed by atoms with van der Waals surface area (Å²) in [6.07, 6.45) is 3.58. The quantitative estimate of drug-likeness (QED) is 0.513. The summed E-state index contributed by atoms with van der Waals surface area (Å²) in [4.78, 5) is 14.0. The number of ether oxygens (including phenoxy) is 1. The summed E-state index contributed by atoms with van der Waals surface area (Å²) in [5, 5.41) is 0.201. The first-order chi connectivity index (χ1) is 10.7. The first-order valence-corrected chi connectivity index (χ1v) is 11.9. The van der Waals surface area contributed by atoms with Crippen LogP contribution in [0.1, 0.15) is 54.4 Å². The van der Waals surface area contributed by atoms with E-state index in [2.05, 4.69) is 40.4 Å². The molecule has 5 heteroatoms. The van der Waals surface area contributed by atoms with Gasteiger partial charge in [-0.05, 0) is 51.7 Å². The molecule has 24 heavy (non-hydrogen) atoms. The van der Waals surface area contributed by atoms with E-state index in [1.807, 2.05) is 26.8 Å². The Kier molecular flexibility index (Phi) is 6.37. The van der Waals surface area contributed by atoms with E-state index >= 15 is 0 Å². The van der Waals surface area contributed by atoms with Gasteiger partial charge < -0.3 is 14.1 Å². The third-order valence-electron chi connectivity index (χ3n) is 5.37. The molecule has 0 N–H and O–H groups in total. The van der Waals surface area contributed by atoms with Crippen LogP contribution in [0.15, 0.2) is 12.7 Å². The van der Waals surface area contributed by atoms with Gasteiger partial charge in [0.05, 0.1) is 0 Å². The highest BCUT2D eigenvalue weighted by molar-refractivity contribution is 6.74. The van der Waals surface area contributed by atoms with E-state index in [9.17, 15) is 4.79 Å². The summed E-state index contributed by atoms with van der Waals surface area (Å²) in [5.74, 6) is 0. The number of hydrogen-bond donors (Lipinski definition) is 0. The SMILES string of the molecule is C=CC1(CO[Si](C)(C)C(C)(C)C)CCN(C(=O)OC(C)(C)C)CC1. The highest BCUT2D eigenvalue weighted by Gasteiger charge is 2.41. The normalized spacial score (nSPS) is 19.1. The van der Waals surface area contributed by atoms with E-state index in [4.69, 9.17) is 9.16 Å². The minimum absolute atomic E-state index is 0.0337. The van der Waals surface area contributed by atoms with Gasteiger partial charge in [-0.3, -0.25) is 0 Å². The number of piperidine rings is 1. The van der Waals surface area contributed by atoms with Crippen molar-refractivity contribution in [2.75, 3.05) is 19.7 Å². The van der Waals surface area contributed by atoms with Crippen molar-refractivity contribution < 1.29 is 14.0 Å². The third kappa shape index (κ3) is 5.62. The van der Waals surface area contributed by atoms with Crippen molar-refractivity contribution >= 4 is 14.4 Å². The molecule has 0 aliphatic carbocycles. The van der Waals surface area contributed by atoms with Crippen molar-refractivity contribution in [3.8, 4) is 0 Å². The Morgan fingerprint density at radius 3 is 2.04 bits per heavy atom. The average molecular weight is 356 g/mol. The fourth-order valence-electron chi connectivity index (χ4n) is 2.41. The zero-order valence-electron chi connectivity index (χ0n) is 17.0. The van der Waals surface area contributed by atoms with E-state index in [-0.39, 0.29) is 16.5 Å². The molecule has 1 saturated heterocycles. The second-order valence-electron chi connectivity index (χ2n) is 9.58. The van der Waals surface area contributed by atoms with E-state index in [1.54, 1.807) is 4.90 Å². The minimum Gasteiger partial charge on any atom is -0.444 e. The van der Waals surface area contributed by atoms with Gasteiger partial charge >= 0.3 is 6.09 Å². The Balaban J connectivity index is 2.64. The Bertz CT molecular complexity index is 452. The lowest BCUT2D eigenvalue weighted by Crippen LogP contribution is -2.48. The molecule has 4 nitrogen and oxygen atoms in total. The summed E-state index contributed by atoms with van der Waals surface area (Å²) in [5.41, 5.74) is -0.483. The van der Waals surface area contributed by atoms with Crippen LogP contribution in [-0.2, 0) is 9.16 Å². The molecule has 1 amide bonds. The second kappa shape index (κ2) is 7.20. The van der Waals surface area contributed by atoms with Crippen LogP contribution >= 0.6 is 0 Å². The van der Waals surface area contributed by atoms with Crippen molar-refractivity contribution in [1.29, 1.82) is 0 Å². The number of hydrogen-bond acceptors (Lipinski definition) is 3. The number of carbonyl (C=O) groups is 1. The molecule has 140 valence electrons. The number of likely N-dealkylation sites (tertiary alicyclic amines) is 1. The monoisotopic (exact) mass is 355 g/mol. The Morgan fingerprint density at radius 1 is 1.17 bits per heavy atom. The molecule has 1 heterocycles. The summed E-state index contributed by atoms with van der Waals surface area (Å²) >= 11 is 0. The van der Waals surface area contributed by atoms with E-state index in [0.29, 0.717) is 19.7 Å². The molecule has 1 aliphatic heterocycles. The molecule has 0 aromatic carbocycles. The Labute approximate surface area is 149 Å². The fraction of sp³-hybridized carbons (Fsp3) is 0.842. The van der Waals surface area contributed by atoms with Crippen molar-refractivity contribution in [3.05, 3.63) is 12.7 Å². The number of amides is 1. The fourth-order valence-corrected chi connectivity index (χ4v) is 3.49. The van der Waals surface area contributed by atoms with Gasteiger partial charge in [0.25, 0.3) is 0 Å². The lowest BCUT2D eigenvalue weighted by Gasteiger charge is -2.43. The van der Waals surface area contributed by atoms with Crippen molar-refractivity contribution in [3.63, 3.8) is 0 Å². The van der Waals surface area contributed by atoms with Crippen molar-refractivity contribution in [2.45, 2.75) is 78.1 Å². The predicted octanol–water partition coefficient (Wildman–Crippen LogP) is 5.21. The van der Waals surface area contributed by atoms with Gasteiger partial charge in [0.2, 0.25) is 0 Å². The van der Waals surface area contributed by atoms with Gasteiger partial charge in [-0.15, -0.1) is 6.58 Å². The van der Waals surface area contributed by atoms with Gasteiger partial charge in [0.1, 0.15) is 5.60 Å². The van der Waals surface area contributed by atoms with Crippen LogP contribution < -0.4 is 0 Å². The van der Waals surface area contributed by atoms with Gasteiger partial charge in [-0.1, -0.05) is 26.8 Å². The lowest BCUT2D eigenvalue weighted by molar-refractivity contribution is 0.00940.